The number of para-hydroxylation sites is 3. The van der Waals surface area contributed by atoms with Crippen LogP contribution in [-0.2, 0) is 0 Å². The summed E-state index contributed by atoms with van der Waals surface area (Å²) in [6.45, 7) is 0. The first-order valence-corrected chi connectivity index (χ1v) is 9.81. The molecule has 30 heavy (non-hydrogen) atoms. The van der Waals surface area contributed by atoms with Crippen molar-refractivity contribution in [2.24, 2.45) is 0 Å². The molecule has 5 aromatic rings. The second-order valence-corrected chi connectivity index (χ2v) is 7.27. The highest BCUT2D eigenvalue weighted by molar-refractivity contribution is 7.80. The standard InChI is InChI=1S/C23H15FN4OS/c24-16-9-3-6-12-19(16)28-22(27-18-11-5-2-8-15(18)23(28)29)21(30)20-14-7-1-4-10-17(14)25-13-26-20/h1-13,21,30H. The lowest BCUT2D eigenvalue weighted by Crippen LogP contribution is -2.26. The third kappa shape index (κ3) is 2.95. The molecule has 0 aliphatic rings. The van der Waals surface area contributed by atoms with Crippen LogP contribution in [-0.4, -0.2) is 19.5 Å². The second kappa shape index (κ2) is 7.35. The van der Waals surface area contributed by atoms with Crippen molar-refractivity contribution in [1.82, 2.24) is 19.5 Å². The molecule has 7 heteroatoms. The van der Waals surface area contributed by atoms with E-state index in [-0.39, 0.29) is 17.1 Å². The molecule has 0 aliphatic heterocycles. The molecule has 0 amide bonds. The van der Waals surface area contributed by atoms with Crippen molar-refractivity contribution in [3.63, 3.8) is 0 Å². The summed E-state index contributed by atoms with van der Waals surface area (Å²) in [4.78, 5) is 26.8. The fraction of sp³-hybridized carbons (Fsp3) is 0.0435. The van der Waals surface area contributed by atoms with Crippen LogP contribution in [0.4, 0.5) is 4.39 Å². The van der Waals surface area contributed by atoms with E-state index < -0.39 is 11.1 Å². The number of fused-ring (bicyclic) bond motifs is 2. The van der Waals surface area contributed by atoms with E-state index in [1.165, 1.54) is 17.0 Å². The predicted molar refractivity (Wildman–Crippen MR) is 118 cm³/mol. The van der Waals surface area contributed by atoms with Crippen LogP contribution >= 0.6 is 12.6 Å². The molecule has 0 saturated carbocycles. The first kappa shape index (κ1) is 18.4. The fourth-order valence-corrected chi connectivity index (χ4v) is 3.94. The number of hydrogen-bond acceptors (Lipinski definition) is 5. The number of rotatable bonds is 3. The minimum Gasteiger partial charge on any atom is -0.268 e. The van der Waals surface area contributed by atoms with Gasteiger partial charge in [0.15, 0.2) is 0 Å². The van der Waals surface area contributed by atoms with E-state index in [1.807, 2.05) is 24.3 Å². The van der Waals surface area contributed by atoms with Gasteiger partial charge < -0.3 is 0 Å². The lowest BCUT2D eigenvalue weighted by molar-refractivity contribution is 0.612. The zero-order valence-corrected chi connectivity index (χ0v) is 16.5. The quantitative estimate of drug-likeness (QED) is 0.442. The molecule has 2 heterocycles. The van der Waals surface area contributed by atoms with E-state index in [2.05, 4.69) is 9.97 Å². The van der Waals surface area contributed by atoms with Gasteiger partial charge in [0.2, 0.25) is 0 Å². The van der Waals surface area contributed by atoms with E-state index in [0.29, 0.717) is 16.6 Å². The van der Waals surface area contributed by atoms with Gasteiger partial charge in [-0.3, -0.25) is 9.36 Å². The summed E-state index contributed by atoms with van der Waals surface area (Å²) in [7, 11) is 0. The van der Waals surface area contributed by atoms with E-state index in [1.54, 1.807) is 42.5 Å². The zero-order valence-electron chi connectivity index (χ0n) is 15.6. The largest absolute Gasteiger partial charge is 0.268 e. The van der Waals surface area contributed by atoms with Gasteiger partial charge in [0, 0.05) is 5.39 Å². The molecule has 5 rings (SSSR count). The molecule has 1 unspecified atom stereocenters. The maximum absolute atomic E-state index is 14.7. The number of nitrogens with zero attached hydrogens (tertiary/aromatic N) is 4. The molecule has 146 valence electrons. The van der Waals surface area contributed by atoms with Crippen molar-refractivity contribution < 1.29 is 4.39 Å². The average Bonchev–Trinajstić information content (AvgIpc) is 2.79. The highest BCUT2D eigenvalue weighted by Gasteiger charge is 2.24. The van der Waals surface area contributed by atoms with E-state index in [4.69, 9.17) is 17.6 Å². The molecule has 3 aromatic carbocycles. The van der Waals surface area contributed by atoms with Crippen LogP contribution in [0.15, 0.2) is 83.9 Å². The molecule has 0 spiro atoms. The summed E-state index contributed by atoms with van der Waals surface area (Å²) >= 11 is 4.78. The van der Waals surface area contributed by atoms with Crippen LogP contribution in [0.2, 0.25) is 0 Å². The molecule has 2 aromatic heterocycles. The van der Waals surface area contributed by atoms with Gasteiger partial charge in [-0.2, -0.15) is 12.6 Å². The Labute approximate surface area is 176 Å². The lowest BCUT2D eigenvalue weighted by Gasteiger charge is -2.19. The number of aromatic nitrogens is 4. The van der Waals surface area contributed by atoms with Gasteiger partial charge >= 0.3 is 0 Å². The van der Waals surface area contributed by atoms with Gasteiger partial charge in [-0.05, 0) is 30.3 Å². The topological polar surface area (TPSA) is 60.7 Å². The minimum atomic E-state index is -0.685. The first-order valence-electron chi connectivity index (χ1n) is 9.29. The predicted octanol–water partition coefficient (Wildman–Crippen LogP) is 4.49. The van der Waals surface area contributed by atoms with Gasteiger partial charge in [-0.15, -0.1) is 0 Å². The Morgan fingerprint density at radius 1 is 0.833 bits per heavy atom. The van der Waals surface area contributed by atoms with E-state index in [9.17, 15) is 9.18 Å². The molecular formula is C23H15FN4OS. The second-order valence-electron chi connectivity index (χ2n) is 6.76. The van der Waals surface area contributed by atoms with Crippen LogP contribution in [0, 0.1) is 5.82 Å². The highest BCUT2D eigenvalue weighted by Crippen LogP contribution is 2.32. The zero-order chi connectivity index (χ0) is 20.7. The van der Waals surface area contributed by atoms with Crippen LogP contribution in [0.3, 0.4) is 0 Å². The van der Waals surface area contributed by atoms with Gasteiger partial charge in [-0.1, -0.05) is 42.5 Å². The number of benzene rings is 3. The van der Waals surface area contributed by atoms with Gasteiger partial charge in [0.25, 0.3) is 5.56 Å². The molecule has 0 N–H and O–H groups in total. The SMILES string of the molecule is O=c1c2ccccc2nc(C(S)c2ncnc3ccccc23)n1-c1ccccc1F. The van der Waals surface area contributed by atoms with Crippen molar-refractivity contribution in [2.75, 3.05) is 0 Å². The number of halogens is 1. The number of hydrogen-bond donors (Lipinski definition) is 1. The minimum absolute atomic E-state index is 0.119. The summed E-state index contributed by atoms with van der Waals surface area (Å²) in [6.07, 6.45) is 1.45. The lowest BCUT2D eigenvalue weighted by atomic mass is 10.1. The van der Waals surface area contributed by atoms with Crippen molar-refractivity contribution in [3.05, 3.63) is 107 Å². The van der Waals surface area contributed by atoms with Gasteiger partial charge in [-0.25, -0.2) is 19.3 Å². The fourth-order valence-electron chi connectivity index (χ4n) is 3.56. The van der Waals surface area contributed by atoms with Crippen molar-refractivity contribution >= 4 is 34.4 Å². The molecule has 1 atom stereocenters. The third-order valence-electron chi connectivity index (χ3n) is 4.97. The Kier molecular flexibility index (Phi) is 4.52. The molecule has 0 saturated heterocycles. The Balaban J connectivity index is 1.85. The Morgan fingerprint density at radius 3 is 2.30 bits per heavy atom. The summed E-state index contributed by atoms with van der Waals surface area (Å²) in [6, 6.07) is 20.6. The van der Waals surface area contributed by atoms with Crippen molar-refractivity contribution in [3.8, 4) is 5.69 Å². The smallest absolute Gasteiger partial charge is 0.266 e. The Morgan fingerprint density at radius 2 is 1.50 bits per heavy atom. The van der Waals surface area contributed by atoms with E-state index >= 15 is 0 Å². The molecule has 0 bridgehead atoms. The summed E-state index contributed by atoms with van der Waals surface area (Å²) < 4.78 is 16.0. The summed E-state index contributed by atoms with van der Waals surface area (Å²) in [5, 5.41) is 0.509. The summed E-state index contributed by atoms with van der Waals surface area (Å²) in [5.74, 6) is -0.234. The van der Waals surface area contributed by atoms with Crippen LogP contribution < -0.4 is 5.56 Å². The van der Waals surface area contributed by atoms with Crippen molar-refractivity contribution in [2.45, 2.75) is 5.25 Å². The first-order chi connectivity index (χ1) is 14.6. The molecule has 5 nitrogen and oxygen atoms in total. The van der Waals surface area contributed by atoms with Crippen LogP contribution in [0.1, 0.15) is 16.8 Å². The highest BCUT2D eigenvalue weighted by atomic mass is 32.1. The summed E-state index contributed by atoms with van der Waals surface area (Å²) in [5.41, 5.74) is 1.62. The molecule has 0 aliphatic carbocycles. The average molecular weight is 414 g/mol. The maximum atomic E-state index is 14.7. The van der Waals surface area contributed by atoms with Crippen LogP contribution in [0.25, 0.3) is 27.5 Å². The Hall–Kier alpha value is -3.58. The number of thiol groups is 1. The van der Waals surface area contributed by atoms with Crippen molar-refractivity contribution in [1.29, 1.82) is 0 Å². The van der Waals surface area contributed by atoms with Gasteiger partial charge in [0.1, 0.15) is 23.2 Å². The Bertz CT molecular complexity index is 1460. The van der Waals surface area contributed by atoms with Crippen LogP contribution in [0.5, 0.6) is 0 Å². The molecular weight excluding hydrogens is 399 g/mol. The maximum Gasteiger partial charge on any atom is 0.266 e. The molecule has 0 radical (unpaired) electrons. The monoisotopic (exact) mass is 414 g/mol. The third-order valence-corrected chi connectivity index (χ3v) is 5.45. The van der Waals surface area contributed by atoms with E-state index in [0.717, 1.165) is 10.9 Å². The molecule has 0 fully saturated rings. The van der Waals surface area contributed by atoms with Gasteiger partial charge in [0.05, 0.1) is 27.8 Å². The normalized spacial score (nSPS) is 12.3.